The van der Waals surface area contributed by atoms with E-state index in [0.29, 0.717) is 68.5 Å². The van der Waals surface area contributed by atoms with Gasteiger partial charge in [-0.25, -0.2) is 40.9 Å². The zero-order valence-electron chi connectivity index (χ0n) is 82.4. The first-order valence-corrected chi connectivity index (χ1v) is 56.2. The summed E-state index contributed by atoms with van der Waals surface area (Å²) < 4.78 is 109. The molecule has 6 saturated carbocycles. The number of rotatable bonds is 16. The molecule has 25 rings (SSSR count). The number of hydrogen-bond acceptors (Lipinski definition) is 19. The van der Waals surface area contributed by atoms with E-state index in [1.807, 2.05) is 78.9 Å². The molecule has 13 heterocycles. The van der Waals surface area contributed by atoms with E-state index < -0.39 is 75.1 Å². The maximum atomic E-state index is 15.0. The maximum Gasteiger partial charge on any atom is 0.410 e. The number of fused-ring (bicyclic) bond motifs is 29. The Kier molecular flexibility index (Phi) is 23.8. The largest absolute Gasteiger partial charge is 0.497 e. The van der Waals surface area contributed by atoms with Crippen molar-refractivity contribution in [2.24, 2.45) is 21.4 Å². The summed E-state index contributed by atoms with van der Waals surface area (Å²) in [5.41, 5.74) is 14.9. The Morgan fingerprint density at radius 3 is 1.13 bits per heavy atom. The number of benzene rings is 6. The minimum Gasteiger partial charge on any atom is -0.497 e. The van der Waals surface area contributed by atoms with Gasteiger partial charge in [-0.05, 0) is 267 Å². The molecular formula is C108H131N13O17S3. The van der Waals surface area contributed by atoms with Gasteiger partial charge in [0, 0.05) is 174 Å². The van der Waals surface area contributed by atoms with Crippen LogP contribution in [0.5, 0.6) is 17.2 Å². The van der Waals surface area contributed by atoms with Crippen molar-refractivity contribution in [1.82, 2.24) is 57.3 Å². The molecule has 13 fully saturated rings. The summed E-state index contributed by atoms with van der Waals surface area (Å²) in [7, 11) is -4.59. The molecule has 16 aliphatic rings. The van der Waals surface area contributed by atoms with E-state index >= 15 is 4.79 Å². The van der Waals surface area contributed by atoms with Gasteiger partial charge >= 0.3 is 6.09 Å². The number of methoxy groups -OCH3 is 3. The summed E-state index contributed by atoms with van der Waals surface area (Å²) in [4.78, 5) is 110. The fourth-order valence-electron chi connectivity index (χ4n) is 27.6. The molecule has 33 heteroatoms. The minimum atomic E-state index is -4.22. The smallest absolute Gasteiger partial charge is 0.410 e. The molecule has 6 bridgehead atoms. The van der Waals surface area contributed by atoms with Crippen molar-refractivity contribution >= 4 is 105 Å². The van der Waals surface area contributed by atoms with E-state index in [-0.39, 0.29) is 76.9 Å². The van der Waals surface area contributed by atoms with Gasteiger partial charge in [0.1, 0.15) is 22.8 Å². The van der Waals surface area contributed by atoms with E-state index in [1.165, 1.54) is 54.4 Å². The molecule has 9 aromatic rings. The number of nitrogens with one attached hydrogen (secondary N) is 3. The van der Waals surface area contributed by atoms with E-state index in [9.17, 15) is 54.0 Å². The molecule has 6 aromatic carbocycles. The second-order valence-corrected chi connectivity index (χ2v) is 50.0. The number of aromatic nitrogens is 3. The third-order valence-electron chi connectivity index (χ3n) is 34.8. The van der Waals surface area contributed by atoms with Crippen LogP contribution in [0, 0.1) is 16.2 Å². The zero-order valence-corrected chi connectivity index (χ0v) is 84.9. The lowest BCUT2D eigenvalue weighted by Gasteiger charge is -2.37. The van der Waals surface area contributed by atoms with Gasteiger partial charge in [0.05, 0.1) is 78.2 Å². The van der Waals surface area contributed by atoms with Gasteiger partial charge in [0.15, 0.2) is 0 Å². The third-order valence-corrected chi connectivity index (χ3v) is 37.6. The highest BCUT2D eigenvalue weighted by Crippen LogP contribution is 2.71. The van der Waals surface area contributed by atoms with Gasteiger partial charge in [0.2, 0.25) is 37.8 Å². The lowest BCUT2D eigenvalue weighted by Crippen LogP contribution is -2.53. The first-order valence-electron chi connectivity index (χ1n) is 51.2. The number of carbonyl (C=O) groups excluding carboxylic acids is 7. The Hall–Kier alpha value is -10.8. The fraction of sp³-hybridized carbons (Fsp3) is 0.546. The number of likely N-dealkylation sites (tertiary alicyclic amines) is 4. The molecule has 10 atom stereocenters. The highest BCUT2D eigenvalue weighted by molar-refractivity contribution is 7.90. The summed E-state index contributed by atoms with van der Waals surface area (Å²) in [5.74, 6) is 2.02. The molecule has 6 aliphatic carbocycles. The summed E-state index contributed by atoms with van der Waals surface area (Å²) in [6, 6.07) is 36.1. The van der Waals surface area contributed by atoms with Gasteiger partial charge in [-0.2, -0.15) is 8.42 Å². The van der Waals surface area contributed by atoms with Crippen LogP contribution < -0.4 is 33.5 Å². The molecule has 6 unspecified atom stereocenters. The predicted molar refractivity (Wildman–Crippen MR) is 538 cm³/mol. The van der Waals surface area contributed by atoms with Gasteiger partial charge in [-0.3, -0.25) is 33.7 Å². The SMILES string of the molecule is COc1ccc2c(c1)C1CC1(C(=O)N1CCN3CCC1CC3)Cn1c-2c(C2CCCCC2)c2ccc(C(=O)NS(C)(=O)=O)cc21.COc1ccc2c(c1)C1CC1(C(=O)N1C[C@H]3C[C@@H]1CN3C(=O)OC(C)(C)C)Cn1c-2c(C2CCCCC2)c2ccc(C(=O)NS(=O)(=O)C(C)C)cc21.COc1ccc2c(c1)C1CC1(C(=O)N1C[C@H]3C[C@@H]1CN3C)Cn1c-2c(C2CCCCC2)c2ccc(C(=O)NS(N)(=O)=O)cc21. The second kappa shape index (κ2) is 35.3. The van der Waals surface area contributed by atoms with Crippen LogP contribution in [0.3, 0.4) is 0 Å². The number of amides is 7. The summed E-state index contributed by atoms with van der Waals surface area (Å²) in [5, 5.41) is 7.58. The quantitative estimate of drug-likeness (QED) is 0.0698. The number of piperidine rings is 1. The van der Waals surface area contributed by atoms with Crippen molar-refractivity contribution in [1.29, 1.82) is 0 Å². The second-order valence-electron chi connectivity index (χ2n) is 44.7. The minimum absolute atomic E-state index is 0.0250. The van der Waals surface area contributed by atoms with Crippen molar-refractivity contribution < 1.29 is 77.8 Å². The average Bonchev–Trinajstić information content (AvgIpc) is 1.52. The van der Waals surface area contributed by atoms with Crippen molar-refractivity contribution in [3.05, 3.63) is 159 Å². The number of likely N-dealkylation sites (N-methyl/N-ethyl adjacent to an activating group) is 1. The Labute approximate surface area is 825 Å². The van der Waals surface area contributed by atoms with Crippen LogP contribution in [0.15, 0.2) is 109 Å². The van der Waals surface area contributed by atoms with Gasteiger partial charge in [0.25, 0.3) is 27.9 Å². The Morgan fingerprint density at radius 2 is 0.780 bits per heavy atom. The normalized spacial score (nSPS) is 26.9. The molecule has 7 amide bonds. The maximum absolute atomic E-state index is 15.0. The lowest BCUT2D eigenvalue weighted by molar-refractivity contribution is -0.140. The molecule has 7 saturated heterocycles. The molecule has 141 heavy (non-hydrogen) atoms. The number of sulfonamides is 2. The van der Waals surface area contributed by atoms with Crippen molar-refractivity contribution in [2.75, 3.05) is 87.0 Å². The van der Waals surface area contributed by atoms with Gasteiger partial charge in [-0.15, -0.1) is 0 Å². The average molecular weight is 1980 g/mol. The third kappa shape index (κ3) is 16.7. The first kappa shape index (κ1) is 95.0. The molecule has 30 nitrogen and oxygen atoms in total. The van der Waals surface area contributed by atoms with E-state index in [0.717, 1.165) is 243 Å². The molecule has 748 valence electrons. The molecule has 0 radical (unpaired) electrons. The molecule has 5 N–H and O–H groups in total. The van der Waals surface area contributed by atoms with E-state index in [1.54, 1.807) is 64.3 Å². The highest BCUT2D eigenvalue weighted by atomic mass is 32.2. The number of carbonyl (C=O) groups is 7. The van der Waals surface area contributed by atoms with Crippen LogP contribution in [0.25, 0.3) is 66.5 Å². The monoisotopic (exact) mass is 1980 g/mol. The fourth-order valence-corrected chi connectivity index (χ4v) is 29.0. The summed E-state index contributed by atoms with van der Waals surface area (Å²) in [6.45, 7) is 16.6. The van der Waals surface area contributed by atoms with Crippen LogP contribution in [0.1, 0.15) is 276 Å². The topological polar surface area (TPSA) is 355 Å². The molecular weight excluding hydrogens is 1850 g/mol. The summed E-state index contributed by atoms with van der Waals surface area (Å²) in [6.07, 6.45) is 23.9. The number of ether oxygens (including phenoxy) is 4. The number of nitrogens with two attached hydrogens (primary N) is 1. The van der Waals surface area contributed by atoms with Crippen molar-refractivity contribution in [2.45, 2.75) is 272 Å². The molecule has 3 aromatic heterocycles. The van der Waals surface area contributed by atoms with Gasteiger partial charge < -0.3 is 57.1 Å². The highest BCUT2D eigenvalue weighted by Gasteiger charge is 2.69. The first-order chi connectivity index (χ1) is 67.4. The van der Waals surface area contributed by atoms with Crippen LogP contribution in [-0.4, -0.2) is 238 Å². The van der Waals surface area contributed by atoms with Crippen LogP contribution in [0.2, 0.25) is 0 Å². The van der Waals surface area contributed by atoms with Crippen LogP contribution in [-0.2, 0) is 69.0 Å². The van der Waals surface area contributed by atoms with Crippen molar-refractivity contribution in [3.8, 4) is 51.0 Å². The Morgan fingerprint density at radius 1 is 0.418 bits per heavy atom. The Balaban J connectivity index is 0.000000122. The standard InChI is InChI=1S/C40H50N4O7S.C35H42N4O5S.C33H39N5O5S/c1-23(2)52(48,49)41-36(45)25-12-14-30-33(16-25)44-22-40(37(46)42-20-27-17-26(42)21-43(27)38(47)51-39(3,4)5)19-32(40)31-18-28(50-6)13-15-29(31)35(44)34(30)24-10-8-7-9-11-24;1-44-25-9-11-26-28(19-25)29-20-35(29,34(41)38-17-16-37-14-12-24(38)13-15-37)21-39-30-18-23(33(40)36-45(2,42)43)8-10-27(30)31(32(26)39)22-6-4-3-5-7-22;1-36-16-22-13-21(36)17-37(22)32(40)33-15-27(33)26-14-23(43-2)9-11-24(26)30-29(19-6-4-3-5-7-19)25-10-8-20(12-28(25)38(30)18-33)31(39)35-44(34,41)42/h12-16,18,23-24,26-27,32H,7-11,17,19-22H2,1-6H3,(H,41,45);8-11,18-19,22,24,29H,3-7,12-17,20-21H2,1-2H3,(H,36,40);8-12,14,19,21-22,27H,3-7,13,15-18H2,1-2H3,(H,35,39)(H2,34,41,42)/t26-,27-,32?,40?;;21-,22-,27?,33?/m1.1/s1. The van der Waals surface area contributed by atoms with E-state index in [2.05, 4.69) is 86.2 Å². The zero-order chi connectivity index (χ0) is 98.5. The number of nitrogens with zero attached hydrogens (tertiary/aromatic N) is 9. The summed E-state index contributed by atoms with van der Waals surface area (Å²) >= 11 is 0. The van der Waals surface area contributed by atoms with Crippen LogP contribution >= 0.6 is 0 Å². The van der Waals surface area contributed by atoms with Gasteiger partial charge in [-0.1, -0.05) is 76.0 Å². The van der Waals surface area contributed by atoms with Crippen LogP contribution in [0.4, 0.5) is 4.79 Å². The van der Waals surface area contributed by atoms with Crippen molar-refractivity contribution in [3.63, 3.8) is 0 Å². The molecule has 0 spiro atoms. The number of piperazine rings is 2. The Bertz CT molecular complexity index is 7050. The predicted octanol–water partition coefficient (Wildman–Crippen LogP) is 15.1. The molecule has 10 aliphatic heterocycles. The number of hydrogen-bond donors (Lipinski definition) is 4. The lowest BCUT2D eigenvalue weighted by atomic mass is 9.81. The van der Waals surface area contributed by atoms with E-state index in [4.69, 9.17) is 24.1 Å².